The molecule has 0 aliphatic heterocycles. The summed E-state index contributed by atoms with van der Waals surface area (Å²) in [5.41, 5.74) is -2.48. The standard InChI is InChI=1S/C23H18ClF3N2O3S2/c1-22(30,23(25,26)27)21-13-18(29(28-21)17-9-4-3-8-16(17)24)20-11-10-19(33-20)14-6-5-7-15(12-14)34(2,31)32/h3-13,30H,1-2H3. The predicted octanol–water partition coefficient (Wildman–Crippen LogP) is 6.09. The van der Waals surface area contributed by atoms with Crippen LogP contribution in [0.1, 0.15) is 12.6 Å². The van der Waals surface area contributed by atoms with E-state index in [0.29, 0.717) is 33.6 Å². The van der Waals surface area contributed by atoms with Crippen molar-refractivity contribution in [2.75, 3.05) is 6.26 Å². The SMILES string of the molecule is CC(O)(c1cc(-c2ccc(-c3cccc(S(C)(=O)=O)c3)s2)n(-c2ccccc2Cl)n1)C(F)(F)F. The van der Waals surface area contributed by atoms with Crippen molar-refractivity contribution >= 4 is 32.8 Å². The van der Waals surface area contributed by atoms with Gasteiger partial charge in [-0.05, 0) is 55.0 Å². The summed E-state index contributed by atoms with van der Waals surface area (Å²) in [4.78, 5) is 1.41. The first-order valence-corrected chi connectivity index (χ1v) is 12.9. The van der Waals surface area contributed by atoms with Gasteiger partial charge in [0.15, 0.2) is 9.84 Å². The van der Waals surface area contributed by atoms with Gasteiger partial charge in [0.1, 0.15) is 5.69 Å². The van der Waals surface area contributed by atoms with Gasteiger partial charge in [-0.1, -0.05) is 35.9 Å². The van der Waals surface area contributed by atoms with Crippen LogP contribution in [0.4, 0.5) is 13.2 Å². The highest BCUT2D eigenvalue weighted by molar-refractivity contribution is 7.90. The number of aliphatic hydroxyl groups is 1. The van der Waals surface area contributed by atoms with Gasteiger partial charge in [0.2, 0.25) is 5.60 Å². The van der Waals surface area contributed by atoms with E-state index < -0.39 is 27.3 Å². The third-order valence-corrected chi connectivity index (χ3v) is 7.83. The Morgan fingerprint density at radius 2 is 1.68 bits per heavy atom. The first-order chi connectivity index (χ1) is 15.8. The summed E-state index contributed by atoms with van der Waals surface area (Å²) in [6.07, 6.45) is -3.83. The van der Waals surface area contributed by atoms with Gasteiger partial charge in [-0.15, -0.1) is 11.3 Å². The van der Waals surface area contributed by atoms with Crippen LogP contribution in [-0.2, 0) is 15.4 Å². The Labute approximate surface area is 203 Å². The largest absolute Gasteiger partial charge is 0.422 e. The number of halogens is 4. The third-order valence-electron chi connectivity index (χ3n) is 5.25. The van der Waals surface area contributed by atoms with E-state index in [2.05, 4.69) is 5.10 Å². The van der Waals surface area contributed by atoms with E-state index in [1.807, 2.05) is 0 Å². The number of hydrogen-bond acceptors (Lipinski definition) is 5. The van der Waals surface area contributed by atoms with E-state index in [1.54, 1.807) is 48.5 Å². The fourth-order valence-electron chi connectivity index (χ4n) is 3.26. The quantitative estimate of drug-likeness (QED) is 0.341. The van der Waals surface area contributed by atoms with Crippen molar-refractivity contribution in [3.63, 3.8) is 0 Å². The number of rotatable bonds is 5. The number of aromatic nitrogens is 2. The van der Waals surface area contributed by atoms with E-state index in [0.717, 1.165) is 6.26 Å². The van der Waals surface area contributed by atoms with E-state index >= 15 is 0 Å². The van der Waals surface area contributed by atoms with Gasteiger partial charge in [-0.25, -0.2) is 13.1 Å². The molecule has 1 atom stereocenters. The number of sulfone groups is 1. The number of nitrogens with zero attached hydrogens (tertiary/aromatic N) is 2. The van der Waals surface area contributed by atoms with Crippen molar-refractivity contribution in [2.24, 2.45) is 0 Å². The number of para-hydroxylation sites is 1. The summed E-state index contributed by atoms with van der Waals surface area (Å²) < 4.78 is 65.7. The summed E-state index contributed by atoms with van der Waals surface area (Å²) in [6, 6.07) is 17.6. The molecule has 2 aromatic heterocycles. The zero-order chi connectivity index (χ0) is 24.9. The van der Waals surface area contributed by atoms with Gasteiger partial charge in [0, 0.05) is 11.1 Å². The summed E-state index contributed by atoms with van der Waals surface area (Å²) in [5.74, 6) is 0. The summed E-state index contributed by atoms with van der Waals surface area (Å²) in [6.45, 7) is 0.645. The van der Waals surface area contributed by atoms with Crippen molar-refractivity contribution in [1.29, 1.82) is 0 Å². The number of benzene rings is 2. The smallest absolute Gasteiger partial charge is 0.375 e. The molecule has 5 nitrogen and oxygen atoms in total. The number of hydrogen-bond donors (Lipinski definition) is 1. The Bertz CT molecular complexity index is 1470. The number of alkyl halides is 3. The highest BCUT2D eigenvalue weighted by atomic mass is 35.5. The molecule has 178 valence electrons. The fourth-order valence-corrected chi connectivity index (χ4v) is 5.14. The molecule has 11 heteroatoms. The minimum absolute atomic E-state index is 0.157. The van der Waals surface area contributed by atoms with Crippen molar-refractivity contribution < 1.29 is 26.7 Å². The van der Waals surface area contributed by atoms with Gasteiger partial charge in [-0.2, -0.15) is 18.3 Å². The molecule has 0 saturated heterocycles. The second-order valence-corrected chi connectivity index (χ2v) is 11.3. The van der Waals surface area contributed by atoms with Gasteiger partial charge < -0.3 is 5.11 Å². The zero-order valence-electron chi connectivity index (χ0n) is 17.8. The maximum Gasteiger partial charge on any atom is 0.422 e. The zero-order valence-corrected chi connectivity index (χ0v) is 20.2. The van der Waals surface area contributed by atoms with Crippen LogP contribution in [0, 0.1) is 0 Å². The molecule has 0 bridgehead atoms. The molecule has 0 radical (unpaired) electrons. The average molecular weight is 527 g/mol. The lowest BCUT2D eigenvalue weighted by Gasteiger charge is -2.23. The lowest BCUT2D eigenvalue weighted by molar-refractivity contribution is -0.260. The molecule has 0 aliphatic carbocycles. The molecular weight excluding hydrogens is 509 g/mol. The first kappa shape index (κ1) is 24.5. The van der Waals surface area contributed by atoms with Crippen molar-refractivity contribution in [1.82, 2.24) is 9.78 Å². The van der Waals surface area contributed by atoms with E-state index in [4.69, 9.17) is 11.6 Å². The molecule has 1 N–H and O–H groups in total. The van der Waals surface area contributed by atoms with Gasteiger partial charge in [-0.3, -0.25) is 0 Å². The Morgan fingerprint density at radius 1 is 1.00 bits per heavy atom. The Hall–Kier alpha value is -2.66. The molecule has 34 heavy (non-hydrogen) atoms. The molecule has 2 heterocycles. The first-order valence-electron chi connectivity index (χ1n) is 9.84. The van der Waals surface area contributed by atoms with Gasteiger partial charge in [0.25, 0.3) is 0 Å². The maximum absolute atomic E-state index is 13.5. The molecular formula is C23H18ClF3N2O3S2. The lowest BCUT2D eigenvalue weighted by Crippen LogP contribution is -2.39. The van der Waals surface area contributed by atoms with Crippen LogP contribution in [0.25, 0.3) is 26.7 Å². The molecule has 1 unspecified atom stereocenters. The highest BCUT2D eigenvalue weighted by Crippen LogP contribution is 2.42. The van der Waals surface area contributed by atoms with Crippen LogP contribution in [0.2, 0.25) is 5.02 Å². The van der Waals surface area contributed by atoms with E-state index in [-0.39, 0.29) is 9.92 Å². The molecule has 4 rings (SSSR count). The molecule has 0 fully saturated rings. The Kier molecular flexibility index (Phi) is 6.14. The van der Waals surface area contributed by atoms with Crippen molar-refractivity contribution in [3.8, 4) is 26.7 Å². The van der Waals surface area contributed by atoms with Gasteiger partial charge in [0.05, 0.1) is 26.2 Å². The summed E-state index contributed by atoms with van der Waals surface area (Å²) in [7, 11) is -3.41. The topological polar surface area (TPSA) is 72.2 Å². The van der Waals surface area contributed by atoms with E-state index in [9.17, 15) is 26.7 Å². The number of thiophene rings is 1. The van der Waals surface area contributed by atoms with E-state index in [1.165, 1.54) is 34.2 Å². The minimum atomic E-state index is -4.95. The molecule has 2 aromatic carbocycles. The summed E-state index contributed by atoms with van der Waals surface area (Å²) in [5, 5.41) is 14.6. The van der Waals surface area contributed by atoms with Crippen LogP contribution in [-0.4, -0.2) is 35.7 Å². The highest BCUT2D eigenvalue weighted by Gasteiger charge is 2.53. The maximum atomic E-state index is 13.5. The van der Waals surface area contributed by atoms with Crippen LogP contribution < -0.4 is 0 Å². The van der Waals surface area contributed by atoms with Crippen molar-refractivity contribution in [3.05, 3.63) is 77.4 Å². The minimum Gasteiger partial charge on any atom is -0.375 e. The predicted molar refractivity (Wildman–Crippen MR) is 126 cm³/mol. The molecule has 0 amide bonds. The average Bonchev–Trinajstić information content (AvgIpc) is 3.40. The second kappa shape index (κ2) is 8.53. The van der Waals surface area contributed by atoms with Crippen molar-refractivity contribution in [2.45, 2.75) is 23.6 Å². The lowest BCUT2D eigenvalue weighted by atomic mass is 10.0. The molecule has 0 saturated carbocycles. The monoisotopic (exact) mass is 526 g/mol. The van der Waals surface area contributed by atoms with Gasteiger partial charge >= 0.3 is 6.18 Å². The Morgan fingerprint density at radius 3 is 2.32 bits per heavy atom. The van der Waals surface area contributed by atoms with Crippen LogP contribution in [0.15, 0.2) is 71.6 Å². The van der Waals surface area contributed by atoms with Crippen LogP contribution in [0.5, 0.6) is 0 Å². The Balaban J connectivity index is 1.87. The van der Waals surface area contributed by atoms with Crippen LogP contribution >= 0.6 is 22.9 Å². The summed E-state index contributed by atoms with van der Waals surface area (Å²) >= 11 is 7.54. The normalized spacial score (nSPS) is 14.2. The molecule has 4 aromatic rings. The third kappa shape index (κ3) is 4.50. The molecule has 0 spiro atoms. The fraction of sp³-hybridized carbons (Fsp3) is 0.174. The van der Waals surface area contributed by atoms with Crippen LogP contribution in [0.3, 0.4) is 0 Å². The molecule has 0 aliphatic rings. The second-order valence-electron chi connectivity index (χ2n) is 7.81.